The quantitative estimate of drug-likeness (QED) is 0.334. The maximum Gasteiger partial charge on any atom is 0.131 e. The zero-order chi connectivity index (χ0) is 20.5. The molecule has 29 heavy (non-hydrogen) atoms. The maximum atomic E-state index is 4.77. The summed E-state index contributed by atoms with van der Waals surface area (Å²) in [5.74, 6) is 2.53. The Labute approximate surface area is 186 Å². The summed E-state index contributed by atoms with van der Waals surface area (Å²) in [5, 5.41) is 0. The molecule has 0 radical (unpaired) electrons. The Morgan fingerprint density at radius 1 is 0.897 bits per heavy atom. The summed E-state index contributed by atoms with van der Waals surface area (Å²) < 4.78 is 1.15. The van der Waals surface area contributed by atoms with Gasteiger partial charge in [-0.2, -0.15) is 0 Å². The minimum absolute atomic E-state index is 0.552. The van der Waals surface area contributed by atoms with Gasteiger partial charge >= 0.3 is 0 Å². The van der Waals surface area contributed by atoms with E-state index in [9.17, 15) is 0 Å². The van der Waals surface area contributed by atoms with Gasteiger partial charge in [-0.05, 0) is 61.6 Å². The fourth-order valence-corrected chi connectivity index (χ4v) is 5.26. The molecule has 0 spiro atoms. The minimum Gasteiger partial charge on any atom is -0.240 e. The number of nitrogens with zero attached hydrogens (tertiary/aromatic N) is 2. The van der Waals surface area contributed by atoms with Crippen LogP contribution in [-0.2, 0) is 6.42 Å². The lowest BCUT2D eigenvalue weighted by Crippen LogP contribution is -2.15. The van der Waals surface area contributed by atoms with E-state index < -0.39 is 0 Å². The highest BCUT2D eigenvalue weighted by Gasteiger charge is 2.24. The molecule has 158 valence electrons. The van der Waals surface area contributed by atoms with Gasteiger partial charge in [0.1, 0.15) is 5.82 Å². The summed E-state index contributed by atoms with van der Waals surface area (Å²) >= 11 is 3.76. The van der Waals surface area contributed by atoms with Gasteiger partial charge in [0.15, 0.2) is 0 Å². The van der Waals surface area contributed by atoms with E-state index in [1.54, 1.807) is 0 Å². The average Bonchev–Trinajstić information content (AvgIpc) is 2.75. The highest BCUT2D eigenvalue weighted by Crippen LogP contribution is 2.37. The molecule has 1 aliphatic rings. The summed E-state index contributed by atoms with van der Waals surface area (Å²) in [6.07, 6.45) is 19.8. The summed E-state index contributed by atoms with van der Waals surface area (Å²) in [5.41, 5.74) is 3.70. The monoisotopic (exact) mass is 456 g/mol. The van der Waals surface area contributed by atoms with Crippen molar-refractivity contribution in [2.75, 3.05) is 0 Å². The van der Waals surface area contributed by atoms with Crippen molar-refractivity contribution in [3.05, 3.63) is 46.5 Å². The number of hydrogen-bond donors (Lipinski definition) is 0. The second-order valence-corrected chi connectivity index (χ2v) is 9.67. The van der Waals surface area contributed by atoms with Gasteiger partial charge in [0.25, 0.3) is 0 Å². The van der Waals surface area contributed by atoms with Crippen LogP contribution in [0.15, 0.2) is 35.1 Å². The number of benzene rings is 1. The Kier molecular flexibility index (Phi) is 9.17. The molecule has 0 saturated heterocycles. The molecule has 0 amide bonds. The average molecular weight is 458 g/mol. The fourth-order valence-electron chi connectivity index (χ4n) is 4.61. The van der Waals surface area contributed by atoms with E-state index >= 15 is 0 Å². The SMILES string of the molecule is CCCCCc1ccc(-c2cnc(C3CCC(CCCCC)CC3)nc2)c(Br)c1. The van der Waals surface area contributed by atoms with E-state index in [2.05, 4.69) is 48.0 Å². The second-order valence-electron chi connectivity index (χ2n) is 8.81. The molecule has 1 aromatic heterocycles. The number of rotatable bonds is 10. The van der Waals surface area contributed by atoms with Gasteiger partial charge in [0.05, 0.1) is 0 Å². The predicted octanol–water partition coefficient (Wildman–Crippen LogP) is 8.49. The zero-order valence-corrected chi connectivity index (χ0v) is 19.9. The van der Waals surface area contributed by atoms with Gasteiger partial charge in [0, 0.05) is 28.3 Å². The van der Waals surface area contributed by atoms with Crippen LogP contribution < -0.4 is 0 Å². The molecule has 0 bridgehead atoms. The van der Waals surface area contributed by atoms with Crippen molar-refractivity contribution in [1.82, 2.24) is 9.97 Å². The fraction of sp³-hybridized carbons (Fsp3) is 0.615. The van der Waals surface area contributed by atoms with E-state index in [-0.39, 0.29) is 0 Å². The molecule has 1 heterocycles. The largest absolute Gasteiger partial charge is 0.240 e. The number of aromatic nitrogens is 2. The van der Waals surface area contributed by atoms with Crippen LogP contribution in [0.25, 0.3) is 11.1 Å². The molecule has 0 atom stereocenters. The van der Waals surface area contributed by atoms with Crippen molar-refractivity contribution >= 4 is 15.9 Å². The Balaban J connectivity index is 1.56. The summed E-state index contributed by atoms with van der Waals surface area (Å²) in [6.45, 7) is 4.54. The molecular formula is C26H37BrN2. The molecule has 2 nitrogen and oxygen atoms in total. The number of halogens is 1. The highest BCUT2D eigenvalue weighted by molar-refractivity contribution is 9.10. The van der Waals surface area contributed by atoms with Crippen LogP contribution in [-0.4, -0.2) is 9.97 Å². The van der Waals surface area contributed by atoms with Gasteiger partial charge < -0.3 is 0 Å². The lowest BCUT2D eigenvalue weighted by atomic mass is 9.79. The first kappa shape index (κ1) is 22.5. The molecular weight excluding hydrogens is 420 g/mol. The molecule has 1 aliphatic carbocycles. The first-order chi connectivity index (χ1) is 14.2. The Bertz CT molecular complexity index is 733. The zero-order valence-electron chi connectivity index (χ0n) is 18.3. The number of aryl methyl sites for hydroxylation is 1. The van der Waals surface area contributed by atoms with Crippen LogP contribution in [0.5, 0.6) is 0 Å². The van der Waals surface area contributed by atoms with Crippen LogP contribution in [0.2, 0.25) is 0 Å². The highest BCUT2D eigenvalue weighted by atomic mass is 79.9. The van der Waals surface area contributed by atoms with Crippen molar-refractivity contribution in [1.29, 1.82) is 0 Å². The lowest BCUT2D eigenvalue weighted by Gasteiger charge is -2.27. The van der Waals surface area contributed by atoms with Crippen LogP contribution in [0.4, 0.5) is 0 Å². The summed E-state index contributed by atoms with van der Waals surface area (Å²) in [6, 6.07) is 6.73. The van der Waals surface area contributed by atoms with Crippen LogP contribution >= 0.6 is 15.9 Å². The third-order valence-electron chi connectivity index (χ3n) is 6.51. The molecule has 0 N–H and O–H groups in total. The topological polar surface area (TPSA) is 25.8 Å². The van der Waals surface area contributed by atoms with Gasteiger partial charge in [-0.3, -0.25) is 0 Å². The molecule has 1 fully saturated rings. The Morgan fingerprint density at radius 2 is 1.59 bits per heavy atom. The standard InChI is InChI=1S/C26H37BrN2/c1-3-5-7-9-20-11-14-22(15-12-20)26-28-18-23(19-29-26)24-16-13-21(17-25(24)27)10-8-6-4-2/h13,16-20,22H,3-12,14-15H2,1-2H3. The molecule has 3 rings (SSSR count). The Hall–Kier alpha value is -1.22. The first-order valence-corrected chi connectivity index (χ1v) is 12.6. The van der Waals surface area contributed by atoms with Gasteiger partial charge in [-0.15, -0.1) is 0 Å². The third kappa shape index (κ3) is 6.64. The lowest BCUT2D eigenvalue weighted by molar-refractivity contribution is 0.297. The Morgan fingerprint density at radius 3 is 2.24 bits per heavy atom. The van der Waals surface area contributed by atoms with E-state index in [0.29, 0.717) is 5.92 Å². The molecule has 0 unspecified atom stereocenters. The first-order valence-electron chi connectivity index (χ1n) is 11.8. The third-order valence-corrected chi connectivity index (χ3v) is 7.17. The minimum atomic E-state index is 0.552. The molecule has 1 aromatic carbocycles. The molecule has 1 saturated carbocycles. The van der Waals surface area contributed by atoms with Gasteiger partial charge in [-0.25, -0.2) is 9.97 Å². The molecule has 2 aromatic rings. The van der Waals surface area contributed by atoms with Crippen molar-refractivity contribution in [3.63, 3.8) is 0 Å². The molecule has 3 heteroatoms. The number of hydrogen-bond acceptors (Lipinski definition) is 2. The summed E-state index contributed by atoms with van der Waals surface area (Å²) in [4.78, 5) is 9.54. The second kappa shape index (κ2) is 11.8. The number of unbranched alkanes of at least 4 members (excludes halogenated alkanes) is 4. The van der Waals surface area contributed by atoms with E-state index in [1.165, 1.54) is 81.8 Å². The van der Waals surface area contributed by atoms with Crippen LogP contribution in [0.1, 0.15) is 102 Å². The van der Waals surface area contributed by atoms with Crippen LogP contribution in [0.3, 0.4) is 0 Å². The van der Waals surface area contributed by atoms with Gasteiger partial charge in [0.2, 0.25) is 0 Å². The normalized spacial score (nSPS) is 19.4. The van der Waals surface area contributed by atoms with Gasteiger partial charge in [-0.1, -0.05) is 80.4 Å². The van der Waals surface area contributed by atoms with E-state index in [4.69, 9.17) is 9.97 Å². The van der Waals surface area contributed by atoms with E-state index in [1.807, 2.05) is 12.4 Å². The summed E-state index contributed by atoms with van der Waals surface area (Å²) in [7, 11) is 0. The molecule has 0 aliphatic heterocycles. The van der Waals surface area contributed by atoms with Crippen molar-refractivity contribution in [2.24, 2.45) is 5.92 Å². The van der Waals surface area contributed by atoms with Crippen molar-refractivity contribution in [2.45, 2.75) is 96.8 Å². The van der Waals surface area contributed by atoms with E-state index in [0.717, 1.165) is 28.2 Å². The van der Waals surface area contributed by atoms with Crippen LogP contribution in [0, 0.1) is 5.92 Å². The predicted molar refractivity (Wildman–Crippen MR) is 127 cm³/mol. The van der Waals surface area contributed by atoms with Crippen molar-refractivity contribution < 1.29 is 0 Å². The van der Waals surface area contributed by atoms with Crippen molar-refractivity contribution in [3.8, 4) is 11.1 Å². The maximum absolute atomic E-state index is 4.77. The smallest absolute Gasteiger partial charge is 0.131 e.